The van der Waals surface area contributed by atoms with Gasteiger partial charge in [0.1, 0.15) is 23.3 Å². The van der Waals surface area contributed by atoms with Gasteiger partial charge < -0.3 is 14.7 Å². The van der Waals surface area contributed by atoms with Crippen molar-refractivity contribution in [2.45, 2.75) is 38.5 Å². The summed E-state index contributed by atoms with van der Waals surface area (Å²) in [6.45, 7) is 11.0. The van der Waals surface area contributed by atoms with E-state index in [0.29, 0.717) is 11.3 Å². The number of aliphatic hydroxyl groups excluding tert-OH is 1. The lowest BCUT2D eigenvalue weighted by Crippen LogP contribution is -2.62. The lowest BCUT2D eigenvalue weighted by atomic mass is 9.84. The van der Waals surface area contributed by atoms with Gasteiger partial charge in [0.15, 0.2) is 0 Å². The number of hydrogen-bond acceptors (Lipinski definition) is 4. The van der Waals surface area contributed by atoms with Crippen molar-refractivity contribution in [2.24, 2.45) is 0 Å². The molecule has 2 aliphatic rings. The molecule has 2 atom stereocenters. The van der Waals surface area contributed by atoms with Crippen molar-refractivity contribution >= 4 is 0 Å². The zero-order chi connectivity index (χ0) is 15.9. The fourth-order valence-electron chi connectivity index (χ4n) is 3.73. The number of halogens is 1. The third-order valence-corrected chi connectivity index (χ3v) is 4.92. The van der Waals surface area contributed by atoms with Crippen molar-refractivity contribution < 1.29 is 14.2 Å². The number of hydrogen-bond donors (Lipinski definition) is 1. The first-order chi connectivity index (χ1) is 10.4. The summed E-state index contributed by atoms with van der Waals surface area (Å²) in [4.78, 5) is 4.68. The van der Waals surface area contributed by atoms with Crippen LogP contribution in [0.1, 0.15) is 32.4 Å². The van der Waals surface area contributed by atoms with Crippen LogP contribution in [0, 0.1) is 5.82 Å². The smallest absolute Gasteiger partial charge is 0.126 e. The van der Waals surface area contributed by atoms with Crippen molar-refractivity contribution in [3.63, 3.8) is 0 Å². The van der Waals surface area contributed by atoms with Crippen molar-refractivity contribution in [1.82, 2.24) is 9.80 Å². The molecule has 0 bridgehead atoms. The predicted molar refractivity (Wildman–Crippen MR) is 83.5 cm³/mol. The second kappa shape index (κ2) is 5.80. The molecule has 0 aromatic heterocycles. The van der Waals surface area contributed by atoms with Gasteiger partial charge in [-0.3, -0.25) is 4.90 Å². The lowest BCUT2D eigenvalue weighted by Gasteiger charge is -2.50. The minimum Gasteiger partial charge on any atom is -0.486 e. The summed E-state index contributed by atoms with van der Waals surface area (Å²) in [7, 11) is 0. The van der Waals surface area contributed by atoms with Crippen LogP contribution in [0.2, 0.25) is 0 Å². The molecular weight excluding hydrogens is 283 g/mol. The van der Waals surface area contributed by atoms with Crippen LogP contribution in [0.25, 0.3) is 0 Å². The van der Waals surface area contributed by atoms with Crippen molar-refractivity contribution in [3.05, 3.63) is 29.6 Å². The Kier molecular flexibility index (Phi) is 4.14. The minimum absolute atomic E-state index is 0.166. The molecule has 1 saturated heterocycles. The normalized spacial score (nSPS) is 29.0. The van der Waals surface area contributed by atoms with Gasteiger partial charge in [-0.05, 0) is 38.6 Å². The number of nitrogens with zero attached hydrogens (tertiary/aromatic N) is 2. The number of rotatable bonds is 2. The molecule has 4 nitrogen and oxygen atoms in total. The number of aliphatic hydroxyl groups is 1. The predicted octanol–water partition coefficient (Wildman–Crippen LogP) is 2.04. The molecule has 122 valence electrons. The monoisotopic (exact) mass is 308 g/mol. The minimum atomic E-state index is -0.734. The number of fused-ring (bicyclic) bond motifs is 1. The highest BCUT2D eigenvalue weighted by Gasteiger charge is 2.46. The van der Waals surface area contributed by atoms with E-state index in [2.05, 4.69) is 16.7 Å². The molecule has 0 spiro atoms. The Hall–Kier alpha value is -1.17. The van der Waals surface area contributed by atoms with Crippen LogP contribution >= 0.6 is 0 Å². The van der Waals surface area contributed by atoms with Gasteiger partial charge in [0, 0.05) is 31.7 Å². The van der Waals surface area contributed by atoms with E-state index in [-0.39, 0.29) is 11.9 Å². The van der Waals surface area contributed by atoms with E-state index in [1.165, 1.54) is 12.1 Å². The van der Waals surface area contributed by atoms with Gasteiger partial charge in [0.25, 0.3) is 0 Å². The zero-order valence-corrected chi connectivity index (χ0v) is 13.6. The third-order valence-electron chi connectivity index (χ3n) is 4.92. The third kappa shape index (κ3) is 2.73. The Bertz CT molecular complexity index is 541. The van der Waals surface area contributed by atoms with E-state index < -0.39 is 11.7 Å². The largest absolute Gasteiger partial charge is 0.486 e. The Labute approximate surface area is 131 Å². The highest BCUT2D eigenvalue weighted by atomic mass is 19.1. The second-order valence-corrected chi connectivity index (χ2v) is 6.75. The first kappa shape index (κ1) is 15.7. The van der Waals surface area contributed by atoms with Crippen molar-refractivity contribution in [2.75, 3.05) is 32.7 Å². The first-order valence-corrected chi connectivity index (χ1v) is 8.05. The highest BCUT2D eigenvalue weighted by molar-refractivity contribution is 5.40. The average Bonchev–Trinajstić information content (AvgIpc) is 2.48. The van der Waals surface area contributed by atoms with Crippen LogP contribution in [-0.4, -0.2) is 59.3 Å². The maximum absolute atomic E-state index is 13.5. The second-order valence-electron chi connectivity index (χ2n) is 6.75. The molecule has 0 aliphatic carbocycles. The highest BCUT2D eigenvalue weighted by Crippen LogP contribution is 2.42. The molecule has 2 heterocycles. The molecule has 2 unspecified atom stereocenters. The van der Waals surface area contributed by atoms with Gasteiger partial charge >= 0.3 is 0 Å². The van der Waals surface area contributed by atoms with Crippen LogP contribution in [0.4, 0.5) is 4.39 Å². The maximum atomic E-state index is 13.5. The van der Waals surface area contributed by atoms with Crippen LogP contribution in [-0.2, 0) is 0 Å². The van der Waals surface area contributed by atoms with E-state index in [0.717, 1.165) is 32.7 Å². The van der Waals surface area contributed by atoms with Gasteiger partial charge in [-0.25, -0.2) is 4.39 Å². The van der Waals surface area contributed by atoms with Gasteiger partial charge in [-0.15, -0.1) is 0 Å². The summed E-state index contributed by atoms with van der Waals surface area (Å²) in [5.74, 6) is 0.248. The molecule has 1 fully saturated rings. The standard InChI is InChI=1S/C17H25FN2O2/c1-4-19-7-9-20(10-8-19)16-15(21)13-11-12(18)5-6-14(13)22-17(16,2)3/h5-6,11,15-16,21H,4,7-10H2,1-3H3. The fourth-order valence-corrected chi connectivity index (χ4v) is 3.73. The van der Waals surface area contributed by atoms with Gasteiger partial charge in [-0.2, -0.15) is 0 Å². The molecule has 3 rings (SSSR count). The number of piperazine rings is 1. The molecule has 1 aromatic carbocycles. The molecule has 0 radical (unpaired) electrons. The molecule has 5 heteroatoms. The number of benzene rings is 1. The van der Waals surface area contributed by atoms with Crippen molar-refractivity contribution in [3.8, 4) is 5.75 Å². The molecule has 1 N–H and O–H groups in total. The van der Waals surface area contributed by atoms with Crippen LogP contribution in [0.15, 0.2) is 18.2 Å². The summed E-state index contributed by atoms with van der Waals surface area (Å²) < 4.78 is 19.6. The number of likely N-dealkylation sites (N-methyl/N-ethyl adjacent to an activating group) is 1. The van der Waals surface area contributed by atoms with E-state index in [1.54, 1.807) is 6.07 Å². The Morgan fingerprint density at radius 1 is 1.27 bits per heavy atom. The molecule has 0 amide bonds. The summed E-state index contributed by atoms with van der Waals surface area (Å²) in [5.41, 5.74) is 0.0424. The average molecular weight is 308 g/mol. The molecule has 22 heavy (non-hydrogen) atoms. The summed E-state index contributed by atoms with van der Waals surface area (Å²) in [6.07, 6.45) is -0.734. The number of ether oxygens (including phenoxy) is 1. The van der Waals surface area contributed by atoms with Crippen LogP contribution < -0.4 is 4.74 Å². The summed E-state index contributed by atoms with van der Waals surface area (Å²) in [5, 5.41) is 10.9. The van der Waals surface area contributed by atoms with Gasteiger partial charge in [0.05, 0.1) is 6.04 Å². The molecule has 1 aromatic rings. The van der Waals surface area contributed by atoms with Gasteiger partial charge in [-0.1, -0.05) is 6.92 Å². The fraction of sp³-hybridized carbons (Fsp3) is 0.647. The molecular formula is C17H25FN2O2. The van der Waals surface area contributed by atoms with E-state index in [1.807, 2.05) is 13.8 Å². The van der Waals surface area contributed by atoms with Crippen molar-refractivity contribution in [1.29, 1.82) is 0 Å². The first-order valence-electron chi connectivity index (χ1n) is 8.05. The molecule has 2 aliphatic heterocycles. The topological polar surface area (TPSA) is 35.9 Å². The lowest BCUT2D eigenvalue weighted by molar-refractivity contribution is -0.0930. The Morgan fingerprint density at radius 3 is 2.59 bits per heavy atom. The summed E-state index contributed by atoms with van der Waals surface area (Å²) >= 11 is 0. The zero-order valence-electron chi connectivity index (χ0n) is 13.6. The van der Waals surface area contributed by atoms with Gasteiger partial charge in [0.2, 0.25) is 0 Å². The van der Waals surface area contributed by atoms with E-state index >= 15 is 0 Å². The Morgan fingerprint density at radius 2 is 1.95 bits per heavy atom. The maximum Gasteiger partial charge on any atom is 0.126 e. The van der Waals surface area contributed by atoms with Crippen LogP contribution in [0.5, 0.6) is 5.75 Å². The van der Waals surface area contributed by atoms with E-state index in [9.17, 15) is 9.50 Å². The SMILES string of the molecule is CCN1CCN(C2C(O)c3cc(F)ccc3OC2(C)C)CC1. The molecule has 0 saturated carbocycles. The van der Waals surface area contributed by atoms with E-state index in [4.69, 9.17) is 4.74 Å². The Balaban J connectivity index is 1.87. The quantitative estimate of drug-likeness (QED) is 0.907. The summed E-state index contributed by atoms with van der Waals surface area (Å²) in [6, 6.07) is 4.22. The van der Waals surface area contributed by atoms with Crippen LogP contribution in [0.3, 0.4) is 0 Å².